The lowest BCUT2D eigenvalue weighted by Crippen LogP contribution is -2.19. The van der Waals surface area contributed by atoms with E-state index in [1.54, 1.807) is 7.05 Å². The van der Waals surface area contributed by atoms with E-state index < -0.39 is 17.7 Å². The minimum Gasteiger partial charge on any atom is -0.308 e. The summed E-state index contributed by atoms with van der Waals surface area (Å²) in [6.07, 6.45) is 1.54. The van der Waals surface area contributed by atoms with Crippen molar-refractivity contribution in [2.45, 2.75) is 6.04 Å². The lowest BCUT2D eigenvalue weighted by Gasteiger charge is -2.14. The molecule has 0 aliphatic rings. The van der Waals surface area contributed by atoms with Gasteiger partial charge in [0, 0.05) is 5.56 Å². The average molecular weight is 241 g/mol. The largest absolute Gasteiger partial charge is 0.308 e. The van der Waals surface area contributed by atoms with Gasteiger partial charge in [-0.15, -0.1) is 0 Å². The van der Waals surface area contributed by atoms with Gasteiger partial charge in [0.2, 0.25) is 0 Å². The Balaban J connectivity index is 2.45. The van der Waals surface area contributed by atoms with E-state index in [9.17, 15) is 8.78 Å². The molecule has 1 heterocycles. The zero-order chi connectivity index (χ0) is 11.5. The molecule has 1 N–H and O–H groups in total. The van der Waals surface area contributed by atoms with Crippen molar-refractivity contribution in [2.24, 2.45) is 0 Å². The van der Waals surface area contributed by atoms with Crippen molar-refractivity contribution in [1.29, 1.82) is 0 Å². The second-order valence-corrected chi connectivity index (χ2v) is 3.75. The Kier molecular flexibility index (Phi) is 3.21. The van der Waals surface area contributed by atoms with E-state index in [0.29, 0.717) is 5.69 Å². The quantitative estimate of drug-likeness (QED) is 0.894. The maximum absolute atomic E-state index is 13.6. The van der Waals surface area contributed by atoms with Crippen molar-refractivity contribution in [3.63, 3.8) is 0 Å². The molecule has 0 radical (unpaired) electrons. The highest BCUT2D eigenvalue weighted by Gasteiger charge is 2.20. The van der Waals surface area contributed by atoms with Crippen LogP contribution in [0, 0.1) is 11.6 Å². The monoisotopic (exact) mass is 241 g/mol. The second-order valence-electron chi connectivity index (χ2n) is 3.20. The van der Waals surface area contributed by atoms with Crippen LogP contribution in [-0.4, -0.2) is 15.8 Å². The summed E-state index contributed by atoms with van der Waals surface area (Å²) in [5.74, 6) is -1.71. The van der Waals surface area contributed by atoms with Crippen LogP contribution in [0.5, 0.6) is 0 Å². The Labute approximate surface area is 95.5 Å². The predicted molar refractivity (Wildman–Crippen MR) is 57.2 cm³/mol. The molecule has 0 aliphatic heterocycles. The summed E-state index contributed by atoms with van der Waals surface area (Å²) in [5, 5.41) is 2.89. The molecule has 0 saturated heterocycles. The van der Waals surface area contributed by atoms with Crippen LogP contribution in [0.15, 0.2) is 24.4 Å². The van der Waals surface area contributed by atoms with Gasteiger partial charge in [0.25, 0.3) is 0 Å². The lowest BCUT2D eigenvalue weighted by molar-refractivity contribution is 0.486. The maximum atomic E-state index is 13.6. The third kappa shape index (κ3) is 1.94. The zero-order valence-corrected chi connectivity index (χ0v) is 9.26. The minimum absolute atomic E-state index is 0.232. The third-order valence-electron chi connectivity index (χ3n) is 2.26. The molecule has 0 fully saturated rings. The van der Waals surface area contributed by atoms with Gasteiger partial charge in [-0.25, -0.2) is 8.78 Å². The molecule has 1 atom stereocenters. The Hall–Kier alpha value is -1.40. The van der Waals surface area contributed by atoms with E-state index in [1.165, 1.54) is 18.3 Å². The first-order valence-electron chi connectivity index (χ1n) is 4.62. The van der Waals surface area contributed by atoms with Crippen LogP contribution in [0.2, 0.25) is 0 Å². The summed E-state index contributed by atoms with van der Waals surface area (Å²) < 4.78 is 34.5. The molecule has 0 spiro atoms. The van der Waals surface area contributed by atoms with Gasteiger partial charge in [-0.1, -0.05) is 12.1 Å². The first-order chi connectivity index (χ1) is 7.74. The number of hydrogen-bond donors (Lipinski definition) is 1. The standard InChI is InChI=1S/C10H9F2N3S/c1-13-10(8-5-14-16-15-8)6-3-2-4-7(11)9(6)12/h2-5,10,13H,1H3. The van der Waals surface area contributed by atoms with Gasteiger partial charge in [-0.05, 0) is 13.1 Å². The van der Waals surface area contributed by atoms with E-state index in [1.807, 2.05) is 0 Å². The third-order valence-corrected chi connectivity index (χ3v) is 2.75. The van der Waals surface area contributed by atoms with Crippen LogP contribution in [0.1, 0.15) is 17.3 Å². The van der Waals surface area contributed by atoms with Crippen molar-refractivity contribution in [2.75, 3.05) is 7.05 Å². The summed E-state index contributed by atoms with van der Waals surface area (Å²) in [6, 6.07) is 3.61. The van der Waals surface area contributed by atoms with Crippen LogP contribution in [0.25, 0.3) is 0 Å². The molecule has 0 saturated carbocycles. The number of halogens is 2. The van der Waals surface area contributed by atoms with Crippen LogP contribution < -0.4 is 5.32 Å². The van der Waals surface area contributed by atoms with Crippen molar-refractivity contribution < 1.29 is 8.78 Å². The fourth-order valence-electron chi connectivity index (χ4n) is 1.51. The molecule has 1 aromatic carbocycles. The fraction of sp³-hybridized carbons (Fsp3) is 0.200. The van der Waals surface area contributed by atoms with Crippen LogP contribution in [0.3, 0.4) is 0 Å². The van der Waals surface area contributed by atoms with Crippen molar-refractivity contribution in [3.05, 3.63) is 47.3 Å². The van der Waals surface area contributed by atoms with Gasteiger partial charge in [0.05, 0.1) is 29.7 Å². The molecule has 0 aliphatic carbocycles. The van der Waals surface area contributed by atoms with Gasteiger partial charge >= 0.3 is 0 Å². The number of nitrogens with one attached hydrogen (secondary N) is 1. The topological polar surface area (TPSA) is 37.8 Å². The predicted octanol–water partition coefficient (Wildman–Crippen LogP) is 2.13. The van der Waals surface area contributed by atoms with Crippen molar-refractivity contribution >= 4 is 11.7 Å². The first-order valence-corrected chi connectivity index (χ1v) is 5.35. The highest BCUT2D eigenvalue weighted by atomic mass is 32.1. The van der Waals surface area contributed by atoms with Gasteiger partial charge in [0.1, 0.15) is 0 Å². The highest BCUT2D eigenvalue weighted by Crippen LogP contribution is 2.24. The summed E-state index contributed by atoms with van der Waals surface area (Å²) in [7, 11) is 1.66. The first kappa shape index (κ1) is 11.1. The Bertz CT molecular complexity index is 473. The normalized spacial score (nSPS) is 12.7. The molecular weight excluding hydrogens is 232 g/mol. The van der Waals surface area contributed by atoms with Crippen molar-refractivity contribution in [1.82, 2.24) is 14.1 Å². The Morgan fingerprint density at radius 3 is 2.81 bits per heavy atom. The van der Waals surface area contributed by atoms with Crippen LogP contribution >= 0.6 is 11.7 Å². The number of nitrogens with zero attached hydrogens (tertiary/aromatic N) is 2. The lowest BCUT2D eigenvalue weighted by atomic mass is 10.0. The van der Waals surface area contributed by atoms with Crippen molar-refractivity contribution in [3.8, 4) is 0 Å². The zero-order valence-electron chi connectivity index (χ0n) is 8.45. The summed E-state index contributed by atoms with van der Waals surface area (Å²) in [4.78, 5) is 0. The Morgan fingerprint density at radius 2 is 2.19 bits per heavy atom. The van der Waals surface area contributed by atoms with Crippen LogP contribution in [-0.2, 0) is 0 Å². The van der Waals surface area contributed by atoms with E-state index in [0.717, 1.165) is 17.8 Å². The molecule has 2 aromatic rings. The second kappa shape index (κ2) is 4.63. The minimum atomic E-state index is -0.860. The average Bonchev–Trinajstić information content (AvgIpc) is 2.79. The molecular formula is C10H9F2N3S. The van der Waals surface area contributed by atoms with Gasteiger partial charge in [-0.2, -0.15) is 8.75 Å². The molecule has 84 valence electrons. The van der Waals surface area contributed by atoms with E-state index in [4.69, 9.17) is 0 Å². The molecule has 0 bridgehead atoms. The molecule has 2 rings (SSSR count). The summed E-state index contributed by atoms with van der Waals surface area (Å²) >= 11 is 1.03. The molecule has 16 heavy (non-hydrogen) atoms. The number of benzene rings is 1. The molecule has 6 heteroatoms. The molecule has 1 unspecified atom stereocenters. The van der Waals surface area contributed by atoms with Gasteiger partial charge in [0.15, 0.2) is 11.6 Å². The van der Waals surface area contributed by atoms with E-state index in [2.05, 4.69) is 14.1 Å². The van der Waals surface area contributed by atoms with E-state index in [-0.39, 0.29) is 5.56 Å². The van der Waals surface area contributed by atoms with Gasteiger partial charge < -0.3 is 5.32 Å². The smallest absolute Gasteiger partial charge is 0.163 e. The summed E-state index contributed by atoms with van der Waals surface area (Å²) in [5.41, 5.74) is 0.812. The highest BCUT2D eigenvalue weighted by molar-refractivity contribution is 6.99. The molecule has 0 amide bonds. The maximum Gasteiger partial charge on any atom is 0.163 e. The molecule has 3 nitrogen and oxygen atoms in total. The van der Waals surface area contributed by atoms with Crippen LogP contribution in [0.4, 0.5) is 8.78 Å². The van der Waals surface area contributed by atoms with Gasteiger partial charge in [-0.3, -0.25) is 0 Å². The summed E-state index contributed by atoms with van der Waals surface area (Å²) in [6.45, 7) is 0. The van der Waals surface area contributed by atoms with E-state index >= 15 is 0 Å². The number of aromatic nitrogens is 2. The number of rotatable bonds is 3. The SMILES string of the molecule is CNC(c1cnsn1)c1cccc(F)c1F. The fourth-order valence-corrected chi connectivity index (χ4v) is 1.95. The molecule has 1 aromatic heterocycles. The Morgan fingerprint density at radius 1 is 1.38 bits per heavy atom. The number of hydrogen-bond acceptors (Lipinski definition) is 4.